The highest BCUT2D eigenvalue weighted by molar-refractivity contribution is 8.07. The van der Waals surface area contributed by atoms with Gasteiger partial charge in [0.1, 0.15) is 25.4 Å². The smallest absolute Gasteiger partial charge is 0.323 e. The Morgan fingerprint density at radius 2 is 1.09 bits per heavy atom. The van der Waals surface area contributed by atoms with Crippen LogP contribution in [0.2, 0.25) is 0 Å². The van der Waals surface area contributed by atoms with Gasteiger partial charge in [0, 0.05) is 154 Å². The van der Waals surface area contributed by atoms with Gasteiger partial charge < -0.3 is 24.5 Å². The molecule has 2 aliphatic rings. The van der Waals surface area contributed by atoms with Gasteiger partial charge in [0.25, 0.3) is 0 Å². The van der Waals surface area contributed by atoms with E-state index in [-0.39, 0.29) is 98.2 Å². The van der Waals surface area contributed by atoms with Crippen molar-refractivity contribution >= 4 is 125 Å². The monoisotopic (exact) mass is 1360 g/mol. The summed E-state index contributed by atoms with van der Waals surface area (Å²) >= 11 is 7.33. The van der Waals surface area contributed by atoms with Crippen LogP contribution in [0, 0.1) is 13.8 Å². The van der Waals surface area contributed by atoms with Crippen molar-refractivity contribution in [1.29, 1.82) is 0 Å². The molecule has 4 aromatic carbocycles. The number of aryl methyl sites for hydroxylation is 2. The van der Waals surface area contributed by atoms with E-state index in [0.717, 1.165) is 50.3 Å². The molecule has 0 saturated carbocycles. The first-order chi connectivity index (χ1) is 42.6. The maximum Gasteiger partial charge on any atom is 0.323 e. The summed E-state index contributed by atoms with van der Waals surface area (Å²) in [4.78, 5) is 59.9. The van der Waals surface area contributed by atoms with Gasteiger partial charge in [0.05, 0.1) is 27.7 Å². The van der Waals surface area contributed by atoms with Crippen LogP contribution in [-0.2, 0) is 65.1 Å². The molecule has 21 nitrogen and oxygen atoms in total. The van der Waals surface area contributed by atoms with Crippen LogP contribution in [0.15, 0.2) is 156 Å². The van der Waals surface area contributed by atoms with Gasteiger partial charge in [0.15, 0.2) is 22.9 Å². The van der Waals surface area contributed by atoms with Crippen molar-refractivity contribution in [2.24, 2.45) is 0 Å². The number of sulfonamides is 2. The number of amides is 1. The lowest BCUT2D eigenvalue weighted by molar-refractivity contribution is -0.137. The van der Waals surface area contributed by atoms with E-state index in [1.54, 1.807) is 91.5 Å². The van der Waals surface area contributed by atoms with Crippen LogP contribution in [0.1, 0.15) is 71.6 Å². The Hall–Kier alpha value is -7.80. The topological polar surface area (TPSA) is 266 Å². The molecule has 2 saturated heterocycles. The summed E-state index contributed by atoms with van der Waals surface area (Å²) in [7, 11) is -7.14. The quantitative estimate of drug-likeness (QED) is 0.0585. The zero-order valence-corrected chi connectivity index (χ0v) is 54.9. The lowest BCUT2D eigenvalue weighted by atomic mass is 10.0. The van der Waals surface area contributed by atoms with E-state index in [2.05, 4.69) is 57.3 Å². The van der Waals surface area contributed by atoms with Crippen molar-refractivity contribution in [2.75, 3.05) is 26.2 Å². The summed E-state index contributed by atoms with van der Waals surface area (Å²) in [5, 5.41) is 22.3. The molecule has 4 atom stereocenters. The van der Waals surface area contributed by atoms with Gasteiger partial charge in [-0.15, -0.1) is 12.4 Å². The molecule has 10 aromatic rings. The molecular weight excluding hydrogens is 1290 g/mol. The van der Waals surface area contributed by atoms with Crippen molar-refractivity contribution in [3.63, 3.8) is 0 Å². The Labute approximate surface area is 547 Å². The molecule has 29 heteroatoms. The number of hydrogen-bond donors (Lipinski definition) is 4. The molecule has 6 aromatic heterocycles. The number of alkyl halides is 2. The third-order valence-corrected chi connectivity index (χ3v) is 18.1. The summed E-state index contributed by atoms with van der Waals surface area (Å²) in [5.41, 5.74) is 9.07. The number of rotatable bonds is 18. The minimum Gasteiger partial charge on any atom is -0.480 e. The zero-order chi connectivity index (χ0) is 63.7. The lowest BCUT2D eigenvalue weighted by Crippen LogP contribution is -2.40. The largest absolute Gasteiger partial charge is 0.480 e. The lowest BCUT2D eigenvalue weighted by Gasteiger charge is -2.25. The Balaban J connectivity index is 0.000000208. The fourth-order valence-electron chi connectivity index (χ4n) is 11.0. The number of benzene rings is 4. The van der Waals surface area contributed by atoms with Crippen molar-refractivity contribution in [3.8, 4) is 22.3 Å². The fraction of sp³-hybridized carbons (Fsp3) is 0.290. The molecule has 12 rings (SSSR count). The molecule has 480 valence electrons. The highest BCUT2D eigenvalue weighted by atomic mass is 35.5. The van der Waals surface area contributed by atoms with Crippen molar-refractivity contribution in [1.82, 2.24) is 58.0 Å². The van der Waals surface area contributed by atoms with Crippen molar-refractivity contribution < 1.29 is 49.9 Å². The van der Waals surface area contributed by atoms with Gasteiger partial charge in [-0.3, -0.25) is 19.2 Å². The number of nitrogens with one attached hydrogen (secondary N) is 3. The number of fused-ring (bicyclic) bond motifs is 4. The normalized spacial score (nSPS) is 16.2. The molecule has 91 heavy (non-hydrogen) atoms. The maximum atomic E-state index is 14.5. The number of halogens is 3. The SMILES string of the molecule is CC(=O)c1cn(CC(=O)N2C[C@H](F)C[C@H]2CCNS(=O)(=O)c2ccccc2)c2ccc(-c3cnc4cc(C)nn4c3)cc12.CC(=O)c1cn(CC(=O)O)c2ccc(-c3cnc4cc(C)nn4c3)cc12.Cl.O=S(=O)(NCC[C@@H]1C[C@@H](F)CN1)c1ccccc1.S.S=S. The average molecular weight is 1360 g/mol. The van der Waals surface area contributed by atoms with Crippen LogP contribution >= 0.6 is 25.9 Å². The molecule has 0 aliphatic carbocycles. The number of carboxylic acids is 1. The number of carboxylic acid groups (broad SMARTS) is 1. The molecule has 0 unspecified atom stereocenters. The zero-order valence-electron chi connectivity index (χ0n) is 49.8. The first-order valence-electron chi connectivity index (χ1n) is 28.3. The molecule has 2 fully saturated rings. The Morgan fingerprint density at radius 1 is 0.626 bits per heavy atom. The molecule has 2 aliphatic heterocycles. The first-order valence-corrected chi connectivity index (χ1v) is 32.6. The number of likely N-dealkylation sites (tertiary alicyclic amines) is 1. The summed E-state index contributed by atoms with van der Waals surface area (Å²) < 4.78 is 88.1. The number of nitrogens with zero attached hydrogens (tertiary/aromatic N) is 9. The van der Waals surface area contributed by atoms with Gasteiger partial charge in [0.2, 0.25) is 26.0 Å². The van der Waals surface area contributed by atoms with Gasteiger partial charge in [-0.05, 0) is 107 Å². The predicted octanol–water partition coefficient (Wildman–Crippen LogP) is 8.70. The highest BCUT2D eigenvalue weighted by Gasteiger charge is 2.36. The number of aliphatic carboxylic acids is 1. The summed E-state index contributed by atoms with van der Waals surface area (Å²) in [6.07, 6.45) is 10.0. The second-order valence-corrected chi connectivity index (χ2v) is 25.2. The van der Waals surface area contributed by atoms with E-state index in [9.17, 15) is 44.8 Å². The van der Waals surface area contributed by atoms with Gasteiger partial charge in [-0.2, -0.15) is 23.7 Å². The molecule has 1 amide bonds. The highest BCUT2D eigenvalue weighted by Crippen LogP contribution is 2.32. The minimum absolute atomic E-state index is 0. The molecule has 8 heterocycles. The Bertz CT molecular complexity index is 4480. The van der Waals surface area contributed by atoms with E-state index in [1.165, 1.54) is 30.9 Å². The molecule has 0 radical (unpaired) electrons. The third-order valence-electron chi connectivity index (χ3n) is 15.2. The van der Waals surface area contributed by atoms with E-state index in [4.69, 9.17) is 5.11 Å². The first kappa shape index (κ1) is 70.7. The number of carbonyl (C=O) groups is 4. The fourth-order valence-corrected chi connectivity index (χ4v) is 13.1. The van der Waals surface area contributed by atoms with Crippen molar-refractivity contribution in [2.45, 2.75) is 101 Å². The van der Waals surface area contributed by atoms with E-state index in [1.807, 2.05) is 74.8 Å². The van der Waals surface area contributed by atoms with Gasteiger partial charge in [-0.25, -0.2) is 54.1 Å². The van der Waals surface area contributed by atoms with E-state index < -0.39 is 44.4 Å². The van der Waals surface area contributed by atoms with E-state index >= 15 is 0 Å². The summed E-state index contributed by atoms with van der Waals surface area (Å²) in [5.74, 6) is -1.49. The third kappa shape index (κ3) is 17.2. The van der Waals surface area contributed by atoms with Crippen LogP contribution in [0.3, 0.4) is 0 Å². The summed E-state index contributed by atoms with van der Waals surface area (Å²) in [6, 6.07) is 30.9. The molecule has 4 N–H and O–H groups in total. The predicted molar refractivity (Wildman–Crippen MR) is 356 cm³/mol. The standard InChI is InChI=1S/C31H31FN6O4S.C19H16N4O3.C12H17FN2O2S.ClH.S2.H2S/c1-20-12-30-33-15-23(16-38(30)35-20)22-8-9-29-27(13-22)28(21(2)39)18-36(29)19-31(40)37-17-24(32)14-25(37)10-11-34-43(41,42)26-6-4-3-5-7-26;1-11-5-18-20-7-14(8-23(18)21-11)13-3-4-17-15(6-13)16(12(2)24)9-22(17)10-19(25)26;13-10-8-11(14-9-10)6-7-15-18(16,17)12-4-2-1-3-5-12;;1-2;/h3-9,12-13,15-16,18,24-25,34H,10-11,14,17,19H2,1-2H3;3-9H,10H2,1-2H3,(H,25,26);1-5,10-11,14-15H,6-9H2;1H;;1H2/t24-,25-;;10-,11-;;;/m1.1.../s1. The molecular formula is C62H67ClF2N12O9S5. The molecule has 0 spiro atoms. The second-order valence-electron chi connectivity index (χ2n) is 21.6. The number of ketones is 2. The van der Waals surface area contributed by atoms with Crippen molar-refractivity contribution in [3.05, 3.63) is 169 Å². The van der Waals surface area contributed by atoms with Crippen LogP contribution in [-0.4, -0.2) is 139 Å². The van der Waals surface area contributed by atoms with Crippen LogP contribution in [0.25, 0.3) is 55.4 Å². The minimum atomic E-state index is -3.71. The second kappa shape index (κ2) is 31.0. The maximum absolute atomic E-state index is 14.5. The number of Topliss-reactive ketones (excluding diaryl/α,β-unsaturated/α-hetero) is 2. The average Bonchev–Trinajstić information content (AvgIpc) is 1.67. The van der Waals surface area contributed by atoms with Gasteiger partial charge >= 0.3 is 5.97 Å². The Morgan fingerprint density at radius 3 is 1.53 bits per heavy atom. The molecule has 0 bridgehead atoms. The van der Waals surface area contributed by atoms with Gasteiger partial charge in [-0.1, -0.05) is 48.5 Å². The number of carbonyl (C=O) groups excluding carboxylic acids is 3. The van der Waals surface area contributed by atoms with E-state index in [0.29, 0.717) is 53.5 Å². The number of hydrogen-bond acceptors (Lipinski definition) is 15. The number of aromatic nitrogens is 8. The van der Waals surface area contributed by atoms with Crippen LogP contribution in [0.4, 0.5) is 8.78 Å². The van der Waals surface area contributed by atoms with Crippen LogP contribution in [0.5, 0.6) is 0 Å². The summed E-state index contributed by atoms with van der Waals surface area (Å²) in [6.45, 7) is 7.20. The Kier molecular flexibility index (Phi) is 24.1. The van der Waals surface area contributed by atoms with Crippen LogP contribution < -0.4 is 14.8 Å².